The van der Waals surface area contributed by atoms with E-state index in [1.807, 2.05) is 0 Å². The van der Waals surface area contributed by atoms with Crippen LogP contribution in [-0.4, -0.2) is 29.6 Å². The molecule has 1 amide bonds. The highest BCUT2D eigenvalue weighted by Crippen LogP contribution is 2.43. The van der Waals surface area contributed by atoms with Crippen molar-refractivity contribution >= 4 is 5.91 Å². The molecule has 0 aliphatic heterocycles. The SMILES string of the molecule is CCC(CC)CC1(C(=O)NC(Cc2cccc(OC(F)(F)C(F)F)c2)C(O)c2ccc(F)cc2)CCCCC1. The zero-order valence-corrected chi connectivity index (χ0v) is 22.4. The fourth-order valence-electron chi connectivity index (χ4n) is 5.53. The number of halogens is 5. The maximum atomic E-state index is 13.9. The van der Waals surface area contributed by atoms with E-state index in [0.717, 1.165) is 57.4 Å². The van der Waals surface area contributed by atoms with Crippen molar-refractivity contribution in [3.63, 3.8) is 0 Å². The lowest BCUT2D eigenvalue weighted by molar-refractivity contribution is -0.253. The van der Waals surface area contributed by atoms with Gasteiger partial charge in [-0.1, -0.05) is 70.2 Å². The first-order valence-electron chi connectivity index (χ1n) is 13.7. The van der Waals surface area contributed by atoms with Crippen LogP contribution >= 0.6 is 0 Å². The molecule has 3 rings (SSSR count). The third-order valence-electron chi connectivity index (χ3n) is 7.90. The van der Waals surface area contributed by atoms with Crippen LogP contribution < -0.4 is 10.1 Å². The van der Waals surface area contributed by atoms with E-state index in [1.165, 1.54) is 36.4 Å². The average Bonchev–Trinajstić information content (AvgIpc) is 2.91. The molecule has 0 radical (unpaired) electrons. The first-order valence-corrected chi connectivity index (χ1v) is 13.7. The lowest BCUT2D eigenvalue weighted by Gasteiger charge is -2.40. The summed E-state index contributed by atoms with van der Waals surface area (Å²) in [5.41, 5.74) is 0.178. The van der Waals surface area contributed by atoms with Crippen molar-refractivity contribution in [3.8, 4) is 5.75 Å². The topological polar surface area (TPSA) is 58.6 Å². The van der Waals surface area contributed by atoms with Gasteiger partial charge in [0.05, 0.1) is 12.1 Å². The smallest absolute Gasteiger partial charge is 0.428 e. The van der Waals surface area contributed by atoms with Crippen molar-refractivity contribution in [2.24, 2.45) is 11.3 Å². The number of aliphatic hydroxyl groups excluding tert-OH is 1. The number of benzene rings is 2. The number of carbonyl (C=O) groups excluding carboxylic acids is 1. The van der Waals surface area contributed by atoms with Crippen LogP contribution in [0.3, 0.4) is 0 Å². The number of alkyl halides is 4. The number of nitrogens with one attached hydrogen (secondary N) is 1. The molecular formula is C30H38F5NO3. The van der Waals surface area contributed by atoms with Gasteiger partial charge in [0, 0.05) is 5.41 Å². The molecule has 1 saturated carbocycles. The molecule has 2 aromatic rings. The van der Waals surface area contributed by atoms with Crippen molar-refractivity contribution in [3.05, 3.63) is 65.5 Å². The first-order chi connectivity index (χ1) is 18.5. The molecule has 2 aromatic carbocycles. The molecule has 216 valence electrons. The molecular weight excluding hydrogens is 517 g/mol. The summed E-state index contributed by atoms with van der Waals surface area (Å²) in [6, 6.07) is 9.63. The van der Waals surface area contributed by atoms with Crippen molar-refractivity contribution in [2.45, 2.75) is 96.3 Å². The van der Waals surface area contributed by atoms with Gasteiger partial charge in [0.15, 0.2) is 0 Å². The predicted octanol–water partition coefficient (Wildman–Crippen LogP) is 7.60. The lowest BCUT2D eigenvalue weighted by Crippen LogP contribution is -2.50. The molecule has 2 N–H and O–H groups in total. The molecule has 2 unspecified atom stereocenters. The Morgan fingerprint density at radius 3 is 2.28 bits per heavy atom. The maximum absolute atomic E-state index is 13.9. The largest absolute Gasteiger partial charge is 0.461 e. The van der Waals surface area contributed by atoms with Crippen LogP contribution in [0.15, 0.2) is 48.5 Å². The lowest BCUT2D eigenvalue weighted by atomic mass is 9.67. The Morgan fingerprint density at radius 1 is 1.05 bits per heavy atom. The van der Waals surface area contributed by atoms with Gasteiger partial charge in [0.25, 0.3) is 0 Å². The third-order valence-corrected chi connectivity index (χ3v) is 7.90. The number of rotatable bonds is 13. The van der Waals surface area contributed by atoms with Crippen LogP contribution in [0.5, 0.6) is 5.75 Å². The molecule has 1 fully saturated rings. The zero-order chi connectivity index (χ0) is 28.6. The van der Waals surface area contributed by atoms with Gasteiger partial charge < -0.3 is 15.2 Å². The van der Waals surface area contributed by atoms with Gasteiger partial charge in [-0.25, -0.2) is 4.39 Å². The third kappa shape index (κ3) is 8.16. The van der Waals surface area contributed by atoms with Crippen LogP contribution in [0.2, 0.25) is 0 Å². The van der Waals surface area contributed by atoms with Gasteiger partial charge in [0.1, 0.15) is 11.6 Å². The van der Waals surface area contributed by atoms with Crippen LogP contribution in [0.1, 0.15) is 82.4 Å². The van der Waals surface area contributed by atoms with Crippen LogP contribution in [0.25, 0.3) is 0 Å². The number of ether oxygens (including phenoxy) is 1. The van der Waals surface area contributed by atoms with E-state index in [1.54, 1.807) is 6.07 Å². The van der Waals surface area contributed by atoms with Gasteiger partial charge in [0.2, 0.25) is 5.91 Å². The zero-order valence-electron chi connectivity index (χ0n) is 22.4. The summed E-state index contributed by atoms with van der Waals surface area (Å²) >= 11 is 0. The van der Waals surface area contributed by atoms with Gasteiger partial charge in [-0.3, -0.25) is 4.79 Å². The van der Waals surface area contributed by atoms with Crippen molar-refractivity contribution in [1.82, 2.24) is 5.32 Å². The van der Waals surface area contributed by atoms with Gasteiger partial charge in [-0.15, -0.1) is 0 Å². The van der Waals surface area contributed by atoms with Gasteiger partial charge in [-0.2, -0.15) is 17.6 Å². The summed E-state index contributed by atoms with van der Waals surface area (Å²) < 4.78 is 70.1. The van der Waals surface area contributed by atoms with E-state index in [4.69, 9.17) is 0 Å². The Labute approximate surface area is 226 Å². The number of hydrogen-bond donors (Lipinski definition) is 2. The Morgan fingerprint density at radius 2 is 1.69 bits per heavy atom. The summed E-state index contributed by atoms with van der Waals surface area (Å²) in [6.07, 6.45) is -2.90. The standard InChI is InChI=1S/C30H38F5NO3/c1-3-20(4-2)19-29(15-6-5-7-16-29)28(38)36-25(26(37)22-11-13-23(31)14-12-22)18-21-9-8-10-24(17-21)39-30(34,35)27(32)33/h8-14,17,20,25-27,37H,3-7,15-16,18-19H2,1-2H3,(H,36,38). The summed E-state index contributed by atoms with van der Waals surface area (Å²) in [6.45, 7) is 4.21. The number of carbonyl (C=O) groups is 1. The second kappa shape index (κ2) is 13.6. The minimum atomic E-state index is -4.66. The summed E-state index contributed by atoms with van der Waals surface area (Å²) in [5.74, 6) is -0.740. The second-order valence-electron chi connectivity index (χ2n) is 10.6. The number of aliphatic hydroxyl groups is 1. The molecule has 0 heterocycles. The minimum absolute atomic E-state index is 0.00278. The molecule has 0 aromatic heterocycles. The van der Waals surface area contributed by atoms with Crippen molar-refractivity contribution < 1.29 is 36.6 Å². The molecule has 0 bridgehead atoms. The van der Waals surface area contributed by atoms with E-state index >= 15 is 0 Å². The highest BCUT2D eigenvalue weighted by molar-refractivity contribution is 5.83. The summed E-state index contributed by atoms with van der Waals surface area (Å²) in [5, 5.41) is 14.3. The fourth-order valence-corrected chi connectivity index (χ4v) is 5.53. The predicted molar refractivity (Wildman–Crippen MR) is 139 cm³/mol. The van der Waals surface area contributed by atoms with E-state index in [0.29, 0.717) is 17.0 Å². The Hall–Kier alpha value is -2.68. The molecule has 1 aliphatic rings. The van der Waals surface area contributed by atoms with Crippen LogP contribution in [-0.2, 0) is 11.2 Å². The van der Waals surface area contributed by atoms with E-state index in [2.05, 4.69) is 23.9 Å². The number of amides is 1. The first kappa shape index (κ1) is 30.9. The molecule has 1 aliphatic carbocycles. The Balaban J connectivity index is 1.90. The maximum Gasteiger partial charge on any atom is 0.461 e. The molecule has 0 saturated heterocycles. The highest BCUT2D eigenvalue weighted by atomic mass is 19.3. The summed E-state index contributed by atoms with van der Waals surface area (Å²) in [7, 11) is 0. The fraction of sp³-hybridized carbons (Fsp3) is 0.567. The second-order valence-corrected chi connectivity index (χ2v) is 10.6. The van der Waals surface area contributed by atoms with Crippen LogP contribution in [0, 0.1) is 17.2 Å². The molecule has 4 nitrogen and oxygen atoms in total. The average molecular weight is 556 g/mol. The van der Waals surface area contributed by atoms with Crippen molar-refractivity contribution in [1.29, 1.82) is 0 Å². The van der Waals surface area contributed by atoms with Crippen molar-refractivity contribution in [2.75, 3.05) is 0 Å². The number of hydrogen-bond acceptors (Lipinski definition) is 3. The van der Waals surface area contributed by atoms with Gasteiger partial charge in [-0.05, 0) is 67.0 Å². The van der Waals surface area contributed by atoms with Gasteiger partial charge >= 0.3 is 12.5 Å². The van der Waals surface area contributed by atoms with E-state index in [-0.39, 0.29) is 12.3 Å². The van der Waals surface area contributed by atoms with E-state index in [9.17, 15) is 31.9 Å². The normalized spacial score (nSPS) is 17.2. The molecule has 2 atom stereocenters. The van der Waals surface area contributed by atoms with E-state index < -0.39 is 41.7 Å². The van der Waals surface area contributed by atoms with Crippen LogP contribution in [0.4, 0.5) is 22.0 Å². The monoisotopic (exact) mass is 555 g/mol. The Bertz CT molecular complexity index is 1050. The molecule has 9 heteroatoms. The molecule has 39 heavy (non-hydrogen) atoms. The summed E-state index contributed by atoms with van der Waals surface area (Å²) in [4.78, 5) is 13.9. The Kier molecular flexibility index (Phi) is 10.8. The highest BCUT2D eigenvalue weighted by Gasteiger charge is 2.44. The minimum Gasteiger partial charge on any atom is -0.428 e. The quantitative estimate of drug-likeness (QED) is 0.250. The molecule has 0 spiro atoms.